The zero-order chi connectivity index (χ0) is 22.2. The lowest BCUT2D eigenvalue weighted by atomic mass is 10.1. The van der Waals surface area contributed by atoms with E-state index in [0.29, 0.717) is 5.02 Å². The van der Waals surface area contributed by atoms with E-state index in [-0.39, 0.29) is 0 Å². The molecule has 3 aromatic carbocycles. The predicted molar refractivity (Wildman–Crippen MR) is 133 cm³/mol. The number of rotatable bonds is 9. The maximum atomic E-state index is 6.04. The quantitative estimate of drug-likeness (QED) is 0.198. The lowest BCUT2D eigenvalue weighted by Gasteiger charge is -2.06. The number of nitrogens with zero attached hydrogens (tertiary/aromatic N) is 3. The molecular formula is C27H26ClN3O. The monoisotopic (exact) mass is 443 g/mol. The predicted octanol–water partition coefficient (Wildman–Crippen LogP) is 7.51. The zero-order valence-corrected chi connectivity index (χ0v) is 18.9. The average molecular weight is 444 g/mol. The number of halogens is 1. The van der Waals surface area contributed by atoms with Gasteiger partial charge in [-0.2, -0.15) is 5.10 Å². The molecule has 0 aliphatic rings. The van der Waals surface area contributed by atoms with Gasteiger partial charge in [-0.25, -0.2) is 9.67 Å². The molecule has 1 aromatic heterocycles. The summed E-state index contributed by atoms with van der Waals surface area (Å²) in [6, 6.07) is 27.7. The van der Waals surface area contributed by atoms with Crippen molar-refractivity contribution in [2.45, 2.75) is 26.2 Å². The van der Waals surface area contributed by atoms with Gasteiger partial charge in [0.05, 0.1) is 18.0 Å². The number of aliphatic imine (C=N–C) groups is 1. The van der Waals surface area contributed by atoms with E-state index in [0.717, 1.165) is 47.1 Å². The molecule has 0 aliphatic heterocycles. The summed E-state index contributed by atoms with van der Waals surface area (Å²) < 4.78 is 7.65. The van der Waals surface area contributed by atoms with E-state index in [4.69, 9.17) is 26.4 Å². The van der Waals surface area contributed by atoms with Crippen molar-refractivity contribution in [1.82, 2.24) is 9.78 Å². The SMILES string of the molecule is CCCCCOc1ccc(/C=N/c2cc(-c3ccc(Cl)cc3)nn2-c2ccccc2)cc1. The molecule has 1 heterocycles. The highest BCUT2D eigenvalue weighted by atomic mass is 35.5. The molecule has 0 fully saturated rings. The average Bonchev–Trinajstić information content (AvgIpc) is 3.26. The highest BCUT2D eigenvalue weighted by Crippen LogP contribution is 2.27. The molecule has 5 heteroatoms. The number of aromatic nitrogens is 2. The minimum absolute atomic E-state index is 0.701. The lowest BCUT2D eigenvalue weighted by molar-refractivity contribution is 0.306. The molecule has 0 saturated heterocycles. The van der Waals surface area contributed by atoms with Crippen molar-refractivity contribution in [2.75, 3.05) is 6.61 Å². The number of para-hydroxylation sites is 1. The summed E-state index contributed by atoms with van der Waals surface area (Å²) in [5.74, 6) is 1.64. The molecule has 0 atom stereocenters. The molecule has 0 unspecified atom stereocenters. The molecular weight excluding hydrogens is 418 g/mol. The highest BCUT2D eigenvalue weighted by Gasteiger charge is 2.10. The van der Waals surface area contributed by atoms with Crippen LogP contribution in [-0.4, -0.2) is 22.6 Å². The van der Waals surface area contributed by atoms with Crippen LogP contribution in [0.4, 0.5) is 5.82 Å². The molecule has 0 spiro atoms. The van der Waals surface area contributed by atoms with Gasteiger partial charge in [-0.15, -0.1) is 0 Å². The molecule has 0 radical (unpaired) electrons. The first kappa shape index (κ1) is 21.8. The summed E-state index contributed by atoms with van der Waals surface area (Å²) >= 11 is 6.04. The molecule has 4 nitrogen and oxygen atoms in total. The first-order valence-corrected chi connectivity index (χ1v) is 11.3. The van der Waals surface area contributed by atoms with Gasteiger partial charge in [0.15, 0.2) is 5.82 Å². The van der Waals surface area contributed by atoms with Gasteiger partial charge < -0.3 is 4.74 Å². The Balaban J connectivity index is 1.56. The van der Waals surface area contributed by atoms with Crippen molar-refractivity contribution < 1.29 is 4.74 Å². The Bertz CT molecular complexity index is 1150. The Morgan fingerprint density at radius 1 is 0.938 bits per heavy atom. The molecule has 4 rings (SSSR count). The first-order valence-electron chi connectivity index (χ1n) is 10.9. The van der Waals surface area contributed by atoms with Crippen LogP contribution in [0.15, 0.2) is 89.9 Å². The Kier molecular flexibility index (Phi) is 7.36. The second-order valence-corrected chi connectivity index (χ2v) is 7.96. The normalized spacial score (nSPS) is 11.2. The molecule has 4 aromatic rings. The summed E-state index contributed by atoms with van der Waals surface area (Å²) in [5, 5.41) is 5.50. The van der Waals surface area contributed by atoms with E-state index in [2.05, 4.69) is 6.92 Å². The van der Waals surface area contributed by atoms with Gasteiger partial charge in [-0.05, 0) is 60.5 Å². The van der Waals surface area contributed by atoms with Crippen LogP contribution in [0.2, 0.25) is 5.02 Å². The fourth-order valence-corrected chi connectivity index (χ4v) is 3.44. The summed E-state index contributed by atoms with van der Waals surface area (Å²) in [7, 11) is 0. The van der Waals surface area contributed by atoms with Crippen LogP contribution in [0.1, 0.15) is 31.7 Å². The minimum Gasteiger partial charge on any atom is -0.494 e. The Labute approximate surface area is 194 Å². The minimum atomic E-state index is 0.701. The van der Waals surface area contributed by atoms with Gasteiger partial charge in [0.2, 0.25) is 0 Å². The Morgan fingerprint density at radius 3 is 2.41 bits per heavy atom. The first-order chi connectivity index (χ1) is 15.7. The fraction of sp³-hybridized carbons (Fsp3) is 0.185. The maximum absolute atomic E-state index is 6.04. The van der Waals surface area contributed by atoms with Crippen molar-refractivity contribution in [3.05, 3.63) is 95.5 Å². The molecule has 0 aliphatic carbocycles. The molecule has 0 saturated carbocycles. The third-order valence-corrected chi connectivity index (χ3v) is 5.33. The summed E-state index contributed by atoms with van der Waals surface area (Å²) in [6.45, 7) is 2.95. The van der Waals surface area contributed by atoms with Crippen LogP contribution in [0.3, 0.4) is 0 Å². The largest absolute Gasteiger partial charge is 0.494 e. The number of unbranched alkanes of at least 4 members (excludes halogenated alkanes) is 2. The van der Waals surface area contributed by atoms with Gasteiger partial charge in [-0.1, -0.05) is 61.7 Å². The van der Waals surface area contributed by atoms with Crippen LogP contribution >= 0.6 is 11.6 Å². The molecule has 0 bridgehead atoms. The number of hydrogen-bond acceptors (Lipinski definition) is 3. The maximum Gasteiger partial charge on any atom is 0.156 e. The lowest BCUT2D eigenvalue weighted by Crippen LogP contribution is -1.97. The smallest absolute Gasteiger partial charge is 0.156 e. The summed E-state index contributed by atoms with van der Waals surface area (Å²) in [4.78, 5) is 4.74. The van der Waals surface area contributed by atoms with Crippen molar-refractivity contribution in [3.8, 4) is 22.7 Å². The van der Waals surface area contributed by atoms with Gasteiger partial charge in [0, 0.05) is 22.9 Å². The standard InChI is InChI=1S/C27H26ClN3O/c1-2-3-7-18-32-25-16-10-21(11-17-25)20-29-27-19-26(22-12-14-23(28)15-13-22)30-31(27)24-8-5-4-6-9-24/h4-6,8-17,19-20H,2-3,7,18H2,1H3/b29-20+. The van der Waals surface area contributed by atoms with Crippen LogP contribution in [0.5, 0.6) is 5.75 Å². The van der Waals surface area contributed by atoms with E-state index >= 15 is 0 Å². The van der Waals surface area contributed by atoms with Crippen molar-refractivity contribution >= 4 is 23.6 Å². The van der Waals surface area contributed by atoms with E-state index in [9.17, 15) is 0 Å². The fourth-order valence-electron chi connectivity index (χ4n) is 3.32. The van der Waals surface area contributed by atoms with E-state index in [1.807, 2.05) is 95.8 Å². The summed E-state index contributed by atoms with van der Waals surface area (Å²) in [6.07, 6.45) is 5.32. The van der Waals surface area contributed by atoms with E-state index < -0.39 is 0 Å². The molecule has 162 valence electrons. The second kappa shape index (κ2) is 10.8. The third kappa shape index (κ3) is 5.65. The van der Waals surface area contributed by atoms with E-state index in [1.54, 1.807) is 0 Å². The van der Waals surface area contributed by atoms with Crippen LogP contribution in [-0.2, 0) is 0 Å². The summed E-state index contributed by atoms with van der Waals surface area (Å²) in [5.41, 5.74) is 3.79. The Hall–Kier alpha value is -3.37. The van der Waals surface area contributed by atoms with Gasteiger partial charge in [-0.3, -0.25) is 0 Å². The van der Waals surface area contributed by atoms with Gasteiger partial charge in [0.1, 0.15) is 5.75 Å². The van der Waals surface area contributed by atoms with Crippen molar-refractivity contribution in [2.24, 2.45) is 4.99 Å². The third-order valence-electron chi connectivity index (χ3n) is 5.07. The zero-order valence-electron chi connectivity index (χ0n) is 18.1. The van der Waals surface area contributed by atoms with E-state index in [1.165, 1.54) is 12.8 Å². The topological polar surface area (TPSA) is 39.4 Å². The number of ether oxygens (including phenoxy) is 1. The highest BCUT2D eigenvalue weighted by molar-refractivity contribution is 6.30. The Morgan fingerprint density at radius 2 is 1.69 bits per heavy atom. The second-order valence-electron chi connectivity index (χ2n) is 7.52. The molecule has 0 N–H and O–H groups in total. The number of benzene rings is 3. The van der Waals surface area contributed by atoms with Crippen molar-refractivity contribution in [3.63, 3.8) is 0 Å². The van der Waals surface area contributed by atoms with Gasteiger partial charge >= 0.3 is 0 Å². The molecule has 0 amide bonds. The van der Waals surface area contributed by atoms with Crippen LogP contribution < -0.4 is 4.74 Å². The van der Waals surface area contributed by atoms with Gasteiger partial charge in [0.25, 0.3) is 0 Å². The van der Waals surface area contributed by atoms with Crippen molar-refractivity contribution in [1.29, 1.82) is 0 Å². The number of hydrogen-bond donors (Lipinski definition) is 0. The van der Waals surface area contributed by atoms with Crippen LogP contribution in [0, 0.1) is 0 Å². The van der Waals surface area contributed by atoms with Crippen LogP contribution in [0.25, 0.3) is 16.9 Å². The molecule has 32 heavy (non-hydrogen) atoms.